The van der Waals surface area contributed by atoms with Crippen LogP contribution in [0.1, 0.15) is 43.2 Å². The van der Waals surface area contributed by atoms with Gasteiger partial charge in [0.25, 0.3) is 5.56 Å². The molecule has 22 heavy (non-hydrogen) atoms. The third-order valence-electron chi connectivity index (χ3n) is 4.59. The van der Waals surface area contributed by atoms with Crippen molar-refractivity contribution in [2.75, 3.05) is 0 Å². The number of rotatable bonds is 3. The van der Waals surface area contributed by atoms with Gasteiger partial charge in [0.1, 0.15) is 0 Å². The number of aryl methyl sites for hydroxylation is 1. The van der Waals surface area contributed by atoms with Crippen molar-refractivity contribution < 1.29 is 4.79 Å². The minimum absolute atomic E-state index is 0.0865. The summed E-state index contributed by atoms with van der Waals surface area (Å²) in [7, 11) is 0. The number of para-hydroxylation sites is 1. The monoisotopic (exact) mass is 298 g/mol. The van der Waals surface area contributed by atoms with E-state index < -0.39 is 0 Å². The standard InChI is InChI=1S/C18H22N2O2/c1-12-6-5-9-14-10-15(18(22)20-16(12)14)11-19-17(21)13-7-3-2-4-8-13/h5-6,9-10,13H,2-4,7-8,11H2,1H3,(H,19,21)(H,20,22). The molecule has 1 fully saturated rings. The molecule has 0 spiro atoms. The van der Waals surface area contributed by atoms with Crippen LogP contribution in [0.4, 0.5) is 0 Å². The van der Waals surface area contributed by atoms with Crippen LogP contribution in [-0.2, 0) is 11.3 Å². The predicted molar refractivity (Wildman–Crippen MR) is 87.7 cm³/mol. The van der Waals surface area contributed by atoms with Gasteiger partial charge in [0.15, 0.2) is 0 Å². The Kier molecular flexibility index (Phi) is 4.27. The molecule has 2 aromatic rings. The van der Waals surface area contributed by atoms with E-state index in [1.807, 2.05) is 31.2 Å². The number of amides is 1. The second-order valence-corrected chi connectivity index (χ2v) is 6.22. The van der Waals surface area contributed by atoms with E-state index in [2.05, 4.69) is 10.3 Å². The molecule has 1 aromatic carbocycles. The topological polar surface area (TPSA) is 62.0 Å². The number of H-pyrrole nitrogens is 1. The summed E-state index contributed by atoms with van der Waals surface area (Å²) in [5, 5.41) is 3.93. The first-order valence-electron chi connectivity index (χ1n) is 8.04. The lowest BCUT2D eigenvalue weighted by molar-refractivity contribution is -0.126. The van der Waals surface area contributed by atoms with E-state index in [1.165, 1.54) is 6.42 Å². The van der Waals surface area contributed by atoms with Crippen molar-refractivity contribution in [2.45, 2.75) is 45.6 Å². The van der Waals surface area contributed by atoms with Crippen LogP contribution in [0, 0.1) is 12.8 Å². The number of nitrogens with one attached hydrogen (secondary N) is 2. The summed E-state index contributed by atoms with van der Waals surface area (Å²) in [5.41, 5.74) is 2.41. The van der Waals surface area contributed by atoms with Gasteiger partial charge < -0.3 is 10.3 Å². The highest BCUT2D eigenvalue weighted by atomic mass is 16.2. The smallest absolute Gasteiger partial charge is 0.253 e. The zero-order valence-electron chi connectivity index (χ0n) is 12.9. The number of hydrogen-bond donors (Lipinski definition) is 2. The maximum atomic E-state index is 12.2. The number of aromatic amines is 1. The van der Waals surface area contributed by atoms with Crippen molar-refractivity contribution in [3.63, 3.8) is 0 Å². The number of hydrogen-bond acceptors (Lipinski definition) is 2. The second-order valence-electron chi connectivity index (χ2n) is 6.22. The van der Waals surface area contributed by atoms with Crippen molar-refractivity contribution in [1.82, 2.24) is 10.3 Å². The van der Waals surface area contributed by atoms with Crippen LogP contribution >= 0.6 is 0 Å². The normalized spacial score (nSPS) is 15.9. The minimum atomic E-state index is -0.120. The zero-order chi connectivity index (χ0) is 15.5. The zero-order valence-corrected chi connectivity index (χ0v) is 12.9. The predicted octanol–water partition coefficient (Wildman–Crippen LogP) is 3.03. The highest BCUT2D eigenvalue weighted by Crippen LogP contribution is 2.23. The number of fused-ring (bicyclic) bond motifs is 1. The van der Waals surface area contributed by atoms with Gasteiger partial charge in [0, 0.05) is 18.0 Å². The summed E-state index contributed by atoms with van der Waals surface area (Å²) in [5.74, 6) is 0.207. The van der Waals surface area contributed by atoms with E-state index in [0.717, 1.165) is 42.1 Å². The lowest BCUT2D eigenvalue weighted by Crippen LogP contribution is -2.33. The number of carbonyl (C=O) groups excluding carboxylic acids is 1. The highest BCUT2D eigenvalue weighted by Gasteiger charge is 2.20. The van der Waals surface area contributed by atoms with Crippen LogP contribution in [-0.4, -0.2) is 10.9 Å². The minimum Gasteiger partial charge on any atom is -0.352 e. The van der Waals surface area contributed by atoms with Gasteiger partial charge in [-0.2, -0.15) is 0 Å². The summed E-state index contributed by atoms with van der Waals surface area (Å²) in [6.07, 6.45) is 5.44. The molecule has 1 aromatic heterocycles. The van der Waals surface area contributed by atoms with Gasteiger partial charge in [-0.15, -0.1) is 0 Å². The van der Waals surface area contributed by atoms with Crippen LogP contribution in [0.15, 0.2) is 29.1 Å². The molecule has 0 radical (unpaired) electrons. The molecular formula is C18H22N2O2. The first kappa shape index (κ1) is 14.8. The Morgan fingerprint density at radius 2 is 2.05 bits per heavy atom. The molecule has 1 aliphatic carbocycles. The first-order chi connectivity index (χ1) is 10.6. The van der Waals surface area contributed by atoms with Gasteiger partial charge in [0.2, 0.25) is 5.91 Å². The molecule has 0 unspecified atom stereocenters. The molecule has 0 aliphatic heterocycles. The van der Waals surface area contributed by atoms with Crippen molar-refractivity contribution >= 4 is 16.8 Å². The number of aromatic nitrogens is 1. The van der Waals surface area contributed by atoms with Crippen molar-refractivity contribution in [2.24, 2.45) is 5.92 Å². The Bertz CT molecular complexity index is 742. The average molecular weight is 298 g/mol. The molecule has 1 amide bonds. The van der Waals surface area contributed by atoms with E-state index >= 15 is 0 Å². The van der Waals surface area contributed by atoms with E-state index in [4.69, 9.17) is 0 Å². The quantitative estimate of drug-likeness (QED) is 0.915. The Morgan fingerprint density at radius 1 is 1.27 bits per heavy atom. The number of pyridine rings is 1. The summed E-state index contributed by atoms with van der Waals surface area (Å²) in [4.78, 5) is 27.3. The van der Waals surface area contributed by atoms with Crippen LogP contribution in [0.5, 0.6) is 0 Å². The van der Waals surface area contributed by atoms with E-state index in [0.29, 0.717) is 12.1 Å². The molecule has 4 heteroatoms. The summed E-state index contributed by atoms with van der Waals surface area (Å²) < 4.78 is 0. The third-order valence-corrected chi connectivity index (χ3v) is 4.59. The molecule has 2 N–H and O–H groups in total. The lowest BCUT2D eigenvalue weighted by atomic mass is 9.88. The molecular weight excluding hydrogens is 276 g/mol. The Morgan fingerprint density at radius 3 is 2.82 bits per heavy atom. The maximum absolute atomic E-state index is 12.2. The summed E-state index contributed by atoms with van der Waals surface area (Å²) in [6, 6.07) is 7.80. The molecule has 1 aliphatic rings. The SMILES string of the molecule is Cc1cccc2cc(CNC(=O)C3CCCCC3)c(=O)[nH]c12. The fourth-order valence-corrected chi connectivity index (χ4v) is 3.25. The van der Waals surface area contributed by atoms with Crippen molar-refractivity contribution in [3.8, 4) is 0 Å². The van der Waals surface area contributed by atoms with Gasteiger partial charge in [-0.1, -0.05) is 37.5 Å². The first-order valence-corrected chi connectivity index (χ1v) is 8.04. The third kappa shape index (κ3) is 3.06. The van der Waals surface area contributed by atoms with E-state index in [1.54, 1.807) is 0 Å². The number of benzene rings is 1. The highest BCUT2D eigenvalue weighted by molar-refractivity contribution is 5.82. The van der Waals surface area contributed by atoms with Crippen LogP contribution in [0.3, 0.4) is 0 Å². The van der Waals surface area contributed by atoms with Crippen molar-refractivity contribution in [3.05, 3.63) is 45.7 Å². The van der Waals surface area contributed by atoms with Gasteiger partial charge in [-0.25, -0.2) is 0 Å². The molecule has 1 heterocycles. The maximum Gasteiger partial charge on any atom is 0.253 e. The van der Waals surface area contributed by atoms with Crippen LogP contribution in [0.2, 0.25) is 0 Å². The average Bonchev–Trinajstić information content (AvgIpc) is 2.54. The molecule has 0 saturated heterocycles. The molecule has 0 atom stereocenters. The summed E-state index contributed by atoms with van der Waals surface area (Å²) in [6.45, 7) is 2.28. The molecule has 3 rings (SSSR count). The molecule has 0 bridgehead atoms. The molecule has 116 valence electrons. The van der Waals surface area contributed by atoms with E-state index in [9.17, 15) is 9.59 Å². The number of carbonyl (C=O) groups is 1. The Hall–Kier alpha value is -2.10. The van der Waals surface area contributed by atoms with Gasteiger partial charge >= 0.3 is 0 Å². The van der Waals surface area contributed by atoms with Crippen molar-refractivity contribution in [1.29, 1.82) is 0 Å². The second kappa shape index (κ2) is 6.34. The van der Waals surface area contributed by atoms with Gasteiger partial charge in [0.05, 0.1) is 5.52 Å². The lowest BCUT2D eigenvalue weighted by Gasteiger charge is -2.20. The molecule has 4 nitrogen and oxygen atoms in total. The summed E-state index contributed by atoms with van der Waals surface area (Å²) >= 11 is 0. The van der Waals surface area contributed by atoms with Gasteiger partial charge in [-0.05, 0) is 36.8 Å². The fourth-order valence-electron chi connectivity index (χ4n) is 3.25. The van der Waals surface area contributed by atoms with Gasteiger partial charge in [-0.3, -0.25) is 9.59 Å². The largest absolute Gasteiger partial charge is 0.352 e. The Balaban J connectivity index is 1.75. The fraction of sp³-hybridized carbons (Fsp3) is 0.444. The van der Waals surface area contributed by atoms with Crippen LogP contribution in [0.25, 0.3) is 10.9 Å². The van der Waals surface area contributed by atoms with Crippen LogP contribution < -0.4 is 10.9 Å². The Labute approximate surface area is 129 Å². The van der Waals surface area contributed by atoms with E-state index in [-0.39, 0.29) is 17.4 Å². The molecule has 1 saturated carbocycles.